The van der Waals surface area contributed by atoms with Gasteiger partial charge in [-0.1, -0.05) is 50.8 Å². The Labute approximate surface area is 180 Å². The van der Waals surface area contributed by atoms with Crippen LogP contribution in [0.4, 0.5) is 22.0 Å². The lowest BCUT2D eigenvalue weighted by atomic mass is 9.79. The molecule has 0 saturated heterocycles. The maximum Gasteiger partial charge on any atom is 0.170 e. The number of allylic oxidation sites excluding steroid dienone is 2. The minimum absolute atomic E-state index is 0.0301. The van der Waals surface area contributed by atoms with E-state index in [1.54, 1.807) is 6.92 Å². The van der Waals surface area contributed by atoms with Gasteiger partial charge in [0, 0.05) is 17.0 Å². The highest BCUT2D eigenvalue weighted by Crippen LogP contribution is 2.40. The van der Waals surface area contributed by atoms with Gasteiger partial charge in [0.15, 0.2) is 17.5 Å². The van der Waals surface area contributed by atoms with Crippen LogP contribution in [0.1, 0.15) is 76.3 Å². The van der Waals surface area contributed by atoms with Gasteiger partial charge in [-0.3, -0.25) is 0 Å². The summed E-state index contributed by atoms with van der Waals surface area (Å²) in [7, 11) is 0. The van der Waals surface area contributed by atoms with E-state index in [0.717, 1.165) is 38.2 Å². The molecule has 0 amide bonds. The highest BCUT2D eigenvalue weighted by atomic mass is 19.2. The fraction of sp³-hybridized carbons (Fsp3) is 0.462. The zero-order valence-electron chi connectivity index (χ0n) is 18.1. The Bertz CT molecular complexity index is 981. The molecule has 31 heavy (non-hydrogen) atoms. The van der Waals surface area contributed by atoms with E-state index in [1.165, 1.54) is 30.7 Å². The molecule has 0 unspecified atom stereocenters. The first-order chi connectivity index (χ1) is 14.9. The predicted octanol–water partition coefficient (Wildman–Crippen LogP) is 9.28. The Hall–Kier alpha value is -2.17. The van der Waals surface area contributed by atoms with Crippen LogP contribution >= 0.6 is 0 Å². The lowest BCUT2D eigenvalue weighted by Gasteiger charge is -2.27. The minimum Gasteiger partial charge on any atom is -0.208 e. The summed E-state index contributed by atoms with van der Waals surface area (Å²) in [6.07, 6.45) is 10.2. The summed E-state index contributed by atoms with van der Waals surface area (Å²) in [6.45, 7) is 3.79. The zero-order valence-corrected chi connectivity index (χ0v) is 18.1. The molecule has 168 valence electrons. The highest BCUT2D eigenvalue weighted by molar-refractivity contribution is 5.89. The van der Waals surface area contributed by atoms with Gasteiger partial charge >= 0.3 is 0 Å². The van der Waals surface area contributed by atoms with Gasteiger partial charge in [0.05, 0.1) is 5.39 Å². The van der Waals surface area contributed by atoms with E-state index >= 15 is 0 Å². The molecular weight excluding hydrogens is 407 g/mol. The van der Waals surface area contributed by atoms with Crippen LogP contribution in [0, 0.1) is 29.3 Å². The van der Waals surface area contributed by atoms with Crippen molar-refractivity contribution in [2.45, 2.75) is 65.2 Å². The van der Waals surface area contributed by atoms with E-state index in [0.29, 0.717) is 18.8 Å². The Kier molecular flexibility index (Phi) is 7.90. The smallest absolute Gasteiger partial charge is 0.170 e. The second-order valence-corrected chi connectivity index (χ2v) is 8.49. The average Bonchev–Trinajstić information content (AvgIpc) is 2.77. The summed E-state index contributed by atoms with van der Waals surface area (Å²) in [5, 5.41) is -0.570. The first-order valence-electron chi connectivity index (χ1n) is 11.2. The monoisotopic (exact) mass is 436 g/mol. The first kappa shape index (κ1) is 23.5. The minimum atomic E-state index is -1.40. The lowest BCUT2D eigenvalue weighted by Crippen LogP contribution is -2.15. The van der Waals surface area contributed by atoms with Crippen LogP contribution in [0.25, 0.3) is 22.7 Å². The van der Waals surface area contributed by atoms with Crippen LogP contribution in [0.3, 0.4) is 0 Å². The molecule has 1 aliphatic rings. The van der Waals surface area contributed by atoms with E-state index < -0.39 is 46.0 Å². The number of fused-ring (bicyclic) bond motifs is 1. The van der Waals surface area contributed by atoms with Gasteiger partial charge in [0.1, 0.15) is 11.6 Å². The number of unbranched alkanes of at least 4 members (excludes halogenated alkanes) is 2. The van der Waals surface area contributed by atoms with Crippen LogP contribution < -0.4 is 0 Å². The maximum absolute atomic E-state index is 15.0. The zero-order chi connectivity index (χ0) is 22.5. The van der Waals surface area contributed by atoms with Crippen molar-refractivity contribution in [3.05, 3.63) is 58.7 Å². The van der Waals surface area contributed by atoms with Crippen LogP contribution in [0.5, 0.6) is 0 Å². The number of benzene rings is 2. The highest BCUT2D eigenvalue weighted by Gasteiger charge is 2.28. The van der Waals surface area contributed by atoms with Crippen LogP contribution in [0.15, 0.2) is 30.1 Å². The summed E-state index contributed by atoms with van der Waals surface area (Å²) in [6, 6.07) is 3.68. The van der Waals surface area contributed by atoms with Crippen molar-refractivity contribution in [3.63, 3.8) is 0 Å². The van der Waals surface area contributed by atoms with Crippen molar-refractivity contribution in [1.29, 1.82) is 0 Å². The SMILES string of the molecule is C/C=C/c1cc2ccc(C(F)=C(F)C3CCC(CCCCC)CC3)c(F)c2c(F)c1F. The van der Waals surface area contributed by atoms with Crippen LogP contribution in [-0.4, -0.2) is 0 Å². The molecule has 0 nitrogen and oxygen atoms in total. The molecule has 0 spiro atoms. The Morgan fingerprint density at radius 1 is 0.968 bits per heavy atom. The van der Waals surface area contributed by atoms with Gasteiger partial charge in [-0.2, -0.15) is 0 Å². The van der Waals surface area contributed by atoms with E-state index in [2.05, 4.69) is 6.92 Å². The molecule has 0 N–H and O–H groups in total. The van der Waals surface area contributed by atoms with Crippen molar-refractivity contribution in [1.82, 2.24) is 0 Å². The summed E-state index contributed by atoms with van der Waals surface area (Å²) in [5.74, 6) is -6.26. The molecule has 1 fully saturated rings. The molecule has 0 bridgehead atoms. The maximum atomic E-state index is 15.0. The Morgan fingerprint density at radius 2 is 1.68 bits per heavy atom. The van der Waals surface area contributed by atoms with Crippen molar-refractivity contribution in [2.24, 2.45) is 11.8 Å². The molecule has 1 aliphatic carbocycles. The molecule has 2 aromatic rings. The average molecular weight is 437 g/mol. The molecule has 3 rings (SSSR count). The third-order valence-electron chi connectivity index (χ3n) is 6.36. The quantitative estimate of drug-likeness (QED) is 0.300. The predicted molar refractivity (Wildman–Crippen MR) is 117 cm³/mol. The number of hydrogen-bond acceptors (Lipinski definition) is 0. The molecular formula is C26H29F5. The summed E-state index contributed by atoms with van der Waals surface area (Å²) in [5.41, 5.74) is -0.690. The fourth-order valence-corrected chi connectivity index (χ4v) is 4.57. The van der Waals surface area contributed by atoms with Gasteiger partial charge in [-0.25, -0.2) is 22.0 Å². The second kappa shape index (κ2) is 10.4. The number of rotatable bonds is 7. The van der Waals surface area contributed by atoms with Crippen molar-refractivity contribution in [3.8, 4) is 0 Å². The van der Waals surface area contributed by atoms with Crippen LogP contribution in [-0.2, 0) is 0 Å². The molecule has 0 aliphatic heterocycles. The van der Waals surface area contributed by atoms with E-state index in [9.17, 15) is 22.0 Å². The molecule has 0 aromatic heterocycles. The van der Waals surface area contributed by atoms with Gasteiger partial charge in [-0.15, -0.1) is 0 Å². The molecule has 1 saturated carbocycles. The molecule has 2 aromatic carbocycles. The van der Waals surface area contributed by atoms with E-state index in [-0.39, 0.29) is 10.9 Å². The van der Waals surface area contributed by atoms with Crippen molar-refractivity contribution < 1.29 is 22.0 Å². The lowest BCUT2D eigenvalue weighted by molar-refractivity contribution is 0.258. The largest absolute Gasteiger partial charge is 0.208 e. The Morgan fingerprint density at radius 3 is 2.32 bits per heavy atom. The van der Waals surface area contributed by atoms with Gasteiger partial charge in [0.2, 0.25) is 0 Å². The van der Waals surface area contributed by atoms with Gasteiger partial charge in [0.25, 0.3) is 0 Å². The third kappa shape index (κ3) is 5.02. The summed E-state index contributed by atoms with van der Waals surface area (Å²) in [4.78, 5) is 0. The third-order valence-corrected chi connectivity index (χ3v) is 6.36. The van der Waals surface area contributed by atoms with E-state index in [4.69, 9.17) is 0 Å². The molecule has 0 radical (unpaired) electrons. The fourth-order valence-electron chi connectivity index (χ4n) is 4.57. The van der Waals surface area contributed by atoms with Crippen LogP contribution in [0.2, 0.25) is 0 Å². The normalized spacial score (nSPS) is 20.5. The van der Waals surface area contributed by atoms with Gasteiger partial charge < -0.3 is 0 Å². The first-order valence-corrected chi connectivity index (χ1v) is 11.2. The molecule has 0 atom stereocenters. The molecule has 5 heteroatoms. The topological polar surface area (TPSA) is 0 Å². The van der Waals surface area contributed by atoms with Gasteiger partial charge in [-0.05, 0) is 56.0 Å². The van der Waals surface area contributed by atoms with Crippen molar-refractivity contribution in [2.75, 3.05) is 0 Å². The number of hydrogen-bond donors (Lipinski definition) is 0. The number of halogens is 5. The Balaban J connectivity index is 1.87. The summed E-state index contributed by atoms with van der Waals surface area (Å²) < 4.78 is 73.6. The second-order valence-electron chi connectivity index (χ2n) is 8.49. The standard InChI is InChI=1S/C26H29F5/c1-3-5-6-8-16-9-11-17(12-10-16)22(27)25(30)20-14-13-18-15-19(7-4-2)23(28)26(31)21(18)24(20)29/h4,7,13-17H,3,5-6,8-12H2,1-2H3/b7-4+,25-22?. The summed E-state index contributed by atoms with van der Waals surface area (Å²) >= 11 is 0. The van der Waals surface area contributed by atoms with E-state index in [1.807, 2.05) is 0 Å². The molecule has 0 heterocycles. The van der Waals surface area contributed by atoms with Crippen molar-refractivity contribution >= 4 is 22.7 Å².